The van der Waals surface area contributed by atoms with E-state index in [-0.39, 0.29) is 0 Å². The van der Waals surface area contributed by atoms with Crippen molar-refractivity contribution in [2.75, 3.05) is 39.8 Å². The molecule has 0 atom stereocenters. The largest absolute Gasteiger partial charge is 0.356 e. The molecule has 1 aliphatic rings. The van der Waals surface area contributed by atoms with Gasteiger partial charge < -0.3 is 10.2 Å². The number of guanidine groups is 1. The molecule has 8 heteroatoms. The Labute approximate surface area is 168 Å². The van der Waals surface area contributed by atoms with Gasteiger partial charge in [-0.2, -0.15) is 0 Å². The summed E-state index contributed by atoms with van der Waals surface area (Å²) >= 11 is 9.50. The zero-order valence-electron chi connectivity index (χ0n) is 15.6. The number of nitrogens with one attached hydrogen (secondary N) is 1. The third-order valence-electron chi connectivity index (χ3n) is 4.53. The lowest BCUT2D eigenvalue weighted by atomic mass is 10.3. The molecule has 3 heterocycles. The summed E-state index contributed by atoms with van der Waals surface area (Å²) in [6.45, 7) is 10.1. The van der Waals surface area contributed by atoms with Gasteiger partial charge in [0.1, 0.15) is 0 Å². The van der Waals surface area contributed by atoms with Gasteiger partial charge in [-0.1, -0.05) is 11.6 Å². The van der Waals surface area contributed by atoms with Crippen molar-refractivity contribution in [2.45, 2.75) is 26.8 Å². The molecular formula is C18H26ClN5S2. The number of thiazole rings is 1. The van der Waals surface area contributed by atoms with Crippen LogP contribution in [0.3, 0.4) is 0 Å². The Morgan fingerprint density at radius 2 is 2.00 bits per heavy atom. The maximum Gasteiger partial charge on any atom is 0.193 e. The Hall–Kier alpha value is -1.15. The number of rotatable bonds is 5. The van der Waals surface area contributed by atoms with E-state index in [9.17, 15) is 0 Å². The van der Waals surface area contributed by atoms with Crippen LogP contribution in [0.15, 0.2) is 17.1 Å². The first kappa shape index (κ1) is 19.6. The second-order valence-corrected chi connectivity index (χ2v) is 9.52. The van der Waals surface area contributed by atoms with Gasteiger partial charge in [0.25, 0.3) is 0 Å². The maximum atomic E-state index is 6.03. The van der Waals surface area contributed by atoms with Gasteiger partial charge in [-0.05, 0) is 26.0 Å². The fraction of sp³-hybridized carbons (Fsp3) is 0.556. The summed E-state index contributed by atoms with van der Waals surface area (Å²) in [5.41, 5.74) is 1.16. The molecule has 2 aromatic heterocycles. The van der Waals surface area contributed by atoms with Gasteiger partial charge in [0, 0.05) is 62.5 Å². The molecule has 1 saturated heterocycles. The highest BCUT2D eigenvalue weighted by Gasteiger charge is 2.20. The molecular weight excluding hydrogens is 386 g/mol. The molecule has 1 fully saturated rings. The van der Waals surface area contributed by atoms with Gasteiger partial charge in [0.05, 0.1) is 15.0 Å². The van der Waals surface area contributed by atoms with Gasteiger partial charge in [-0.3, -0.25) is 9.89 Å². The summed E-state index contributed by atoms with van der Waals surface area (Å²) in [6.07, 6.45) is 0.995. The van der Waals surface area contributed by atoms with E-state index < -0.39 is 0 Å². The van der Waals surface area contributed by atoms with Crippen molar-refractivity contribution in [3.05, 3.63) is 36.9 Å². The summed E-state index contributed by atoms with van der Waals surface area (Å²) in [5, 5.41) is 4.66. The smallest absolute Gasteiger partial charge is 0.193 e. The summed E-state index contributed by atoms with van der Waals surface area (Å²) in [4.78, 5) is 16.5. The number of piperazine rings is 1. The fourth-order valence-electron chi connectivity index (χ4n) is 3.20. The van der Waals surface area contributed by atoms with E-state index in [4.69, 9.17) is 11.6 Å². The number of aliphatic imine (C=N–C) groups is 1. The van der Waals surface area contributed by atoms with Crippen LogP contribution in [0.25, 0.3) is 0 Å². The maximum absolute atomic E-state index is 6.03. The predicted molar refractivity (Wildman–Crippen MR) is 113 cm³/mol. The summed E-state index contributed by atoms with van der Waals surface area (Å²) in [6, 6.07) is 4.11. The lowest BCUT2D eigenvalue weighted by molar-refractivity contribution is 0.174. The van der Waals surface area contributed by atoms with Crippen molar-refractivity contribution in [1.29, 1.82) is 0 Å². The number of aromatic nitrogens is 1. The zero-order valence-corrected chi connectivity index (χ0v) is 18.0. The number of hydrogen-bond acceptors (Lipinski definition) is 5. The molecule has 5 nitrogen and oxygen atoms in total. The van der Waals surface area contributed by atoms with Crippen molar-refractivity contribution < 1.29 is 0 Å². The van der Waals surface area contributed by atoms with Crippen molar-refractivity contribution in [3.63, 3.8) is 0 Å². The molecule has 3 rings (SSSR count). The fourth-order valence-corrected chi connectivity index (χ4v) is 5.27. The van der Waals surface area contributed by atoms with Crippen molar-refractivity contribution in [1.82, 2.24) is 20.1 Å². The molecule has 1 N–H and O–H groups in total. The molecule has 1 aliphatic heterocycles. The molecule has 2 aromatic rings. The molecule has 0 radical (unpaired) electrons. The van der Waals surface area contributed by atoms with Crippen LogP contribution in [0.1, 0.15) is 20.5 Å². The van der Waals surface area contributed by atoms with Crippen molar-refractivity contribution >= 4 is 40.2 Å². The SMILES string of the molecule is CN=C(NCCc1sc(C)nc1C)N1CCN(Cc2ccc(Cl)s2)CC1. The molecule has 26 heavy (non-hydrogen) atoms. The molecule has 0 spiro atoms. The highest BCUT2D eigenvalue weighted by atomic mass is 35.5. The summed E-state index contributed by atoms with van der Waals surface area (Å²) in [5.74, 6) is 1.00. The van der Waals surface area contributed by atoms with E-state index >= 15 is 0 Å². The van der Waals surface area contributed by atoms with Gasteiger partial charge >= 0.3 is 0 Å². The lowest BCUT2D eigenvalue weighted by Crippen LogP contribution is -2.52. The molecule has 0 aromatic carbocycles. The van der Waals surface area contributed by atoms with Crippen LogP contribution >= 0.6 is 34.3 Å². The van der Waals surface area contributed by atoms with Gasteiger partial charge in [-0.25, -0.2) is 4.98 Å². The monoisotopic (exact) mass is 411 g/mol. The van der Waals surface area contributed by atoms with Gasteiger partial charge in [0.2, 0.25) is 0 Å². The zero-order chi connectivity index (χ0) is 18.5. The Kier molecular flexibility index (Phi) is 6.92. The average Bonchev–Trinajstić information content (AvgIpc) is 3.17. The van der Waals surface area contributed by atoms with E-state index in [2.05, 4.69) is 45.0 Å². The summed E-state index contributed by atoms with van der Waals surface area (Å²) < 4.78 is 0.870. The summed E-state index contributed by atoms with van der Waals surface area (Å²) in [7, 11) is 1.87. The lowest BCUT2D eigenvalue weighted by Gasteiger charge is -2.36. The third kappa shape index (κ3) is 5.19. The molecule has 0 aliphatic carbocycles. The van der Waals surface area contributed by atoms with Crippen LogP contribution in [0.5, 0.6) is 0 Å². The van der Waals surface area contributed by atoms with Crippen LogP contribution in [-0.2, 0) is 13.0 Å². The van der Waals surface area contributed by atoms with E-state index in [0.717, 1.165) is 66.7 Å². The highest BCUT2D eigenvalue weighted by Crippen LogP contribution is 2.23. The first-order chi connectivity index (χ1) is 12.5. The molecule has 0 bridgehead atoms. The second kappa shape index (κ2) is 9.17. The first-order valence-electron chi connectivity index (χ1n) is 8.90. The minimum absolute atomic E-state index is 0.870. The normalized spacial score (nSPS) is 16.3. The van der Waals surface area contributed by atoms with Crippen LogP contribution < -0.4 is 5.32 Å². The van der Waals surface area contributed by atoms with E-state index in [1.165, 1.54) is 9.75 Å². The van der Waals surface area contributed by atoms with Crippen molar-refractivity contribution in [3.8, 4) is 0 Å². The molecule has 0 saturated carbocycles. The van der Waals surface area contributed by atoms with Crippen LogP contribution in [0, 0.1) is 13.8 Å². The van der Waals surface area contributed by atoms with Crippen molar-refractivity contribution in [2.24, 2.45) is 4.99 Å². The quantitative estimate of drug-likeness (QED) is 0.604. The Bertz CT molecular complexity index is 747. The average molecular weight is 412 g/mol. The minimum atomic E-state index is 0.870. The number of thiophene rings is 1. The first-order valence-corrected chi connectivity index (χ1v) is 10.9. The van der Waals surface area contributed by atoms with Crippen LogP contribution in [0.4, 0.5) is 0 Å². The number of halogens is 1. The predicted octanol–water partition coefficient (Wildman–Crippen LogP) is 3.41. The Morgan fingerprint density at radius 1 is 1.23 bits per heavy atom. The van der Waals surface area contributed by atoms with E-state index in [1.807, 2.05) is 13.1 Å². The standard InChI is InChI=1S/C18H26ClN5S2/c1-13-16(25-14(2)22-13)6-7-21-18(20-3)24-10-8-23(9-11-24)12-15-4-5-17(19)26-15/h4-5H,6-12H2,1-3H3,(H,20,21). The number of nitrogens with zero attached hydrogens (tertiary/aromatic N) is 4. The van der Waals surface area contributed by atoms with E-state index in [0.29, 0.717) is 0 Å². The van der Waals surface area contributed by atoms with Crippen LogP contribution in [-0.4, -0.2) is 60.5 Å². The minimum Gasteiger partial charge on any atom is -0.356 e. The number of hydrogen-bond donors (Lipinski definition) is 1. The Balaban J connectivity index is 1.44. The van der Waals surface area contributed by atoms with E-state index in [1.54, 1.807) is 22.7 Å². The van der Waals surface area contributed by atoms with Crippen LogP contribution in [0.2, 0.25) is 4.34 Å². The Morgan fingerprint density at radius 3 is 2.58 bits per heavy atom. The van der Waals surface area contributed by atoms with Gasteiger partial charge in [-0.15, -0.1) is 22.7 Å². The highest BCUT2D eigenvalue weighted by molar-refractivity contribution is 7.16. The number of aryl methyl sites for hydroxylation is 2. The second-order valence-electron chi connectivity index (χ2n) is 6.43. The van der Waals surface area contributed by atoms with Gasteiger partial charge in [0.15, 0.2) is 5.96 Å². The molecule has 142 valence electrons. The molecule has 0 amide bonds. The third-order valence-corrected chi connectivity index (χ3v) is 6.88. The molecule has 0 unspecified atom stereocenters. The topological polar surface area (TPSA) is 43.8 Å².